The summed E-state index contributed by atoms with van der Waals surface area (Å²) >= 11 is 0. The topological polar surface area (TPSA) is 62.8 Å². The Morgan fingerprint density at radius 2 is 2.69 bits per heavy atom. The minimum Gasteiger partial charge on any atom is -0.377 e. The van der Waals surface area contributed by atoms with Crippen LogP contribution in [0.15, 0.2) is 6.20 Å². The minimum atomic E-state index is 0.312. The molecule has 1 aromatic heterocycles. The Labute approximate surface area is 76.9 Å². The minimum absolute atomic E-state index is 0.312. The molecule has 2 atom stereocenters. The normalized spacial score (nSPS) is 28.1. The Hall–Kier alpha value is -0.940. The number of hydrogen-bond donors (Lipinski definition) is 2. The van der Waals surface area contributed by atoms with Crippen molar-refractivity contribution in [2.45, 2.75) is 32.0 Å². The molecule has 0 saturated carbocycles. The van der Waals surface area contributed by atoms with E-state index in [0.717, 1.165) is 25.3 Å². The molecule has 1 saturated heterocycles. The number of ether oxygens (including phenoxy) is 1. The van der Waals surface area contributed by atoms with Gasteiger partial charge in [0.2, 0.25) is 0 Å². The summed E-state index contributed by atoms with van der Waals surface area (Å²) in [6, 6.07) is 0.455. The smallest absolute Gasteiger partial charge is 0.0962 e. The first-order valence-electron chi connectivity index (χ1n) is 4.56. The molecule has 0 aromatic carbocycles. The molecular formula is C8H14N4O. The van der Waals surface area contributed by atoms with Crippen LogP contribution in [0.2, 0.25) is 0 Å². The maximum Gasteiger partial charge on any atom is 0.0962 e. The highest BCUT2D eigenvalue weighted by Crippen LogP contribution is 2.12. The number of aromatic nitrogens is 3. The third-order valence-corrected chi connectivity index (χ3v) is 2.39. The highest BCUT2D eigenvalue weighted by Gasteiger charge is 2.23. The average molecular weight is 182 g/mol. The monoisotopic (exact) mass is 182 g/mol. The van der Waals surface area contributed by atoms with E-state index >= 15 is 0 Å². The summed E-state index contributed by atoms with van der Waals surface area (Å²) in [5, 5.41) is 13.7. The summed E-state index contributed by atoms with van der Waals surface area (Å²) in [6.45, 7) is 3.71. The van der Waals surface area contributed by atoms with E-state index in [9.17, 15) is 0 Å². The van der Waals surface area contributed by atoms with Crippen molar-refractivity contribution < 1.29 is 4.74 Å². The number of hydrogen-bond acceptors (Lipinski definition) is 4. The van der Waals surface area contributed by atoms with Crippen molar-refractivity contribution in [1.29, 1.82) is 0 Å². The van der Waals surface area contributed by atoms with E-state index in [1.807, 2.05) is 0 Å². The average Bonchev–Trinajstić information content (AvgIpc) is 2.72. The van der Waals surface area contributed by atoms with Crippen molar-refractivity contribution in [3.05, 3.63) is 11.9 Å². The molecule has 13 heavy (non-hydrogen) atoms. The van der Waals surface area contributed by atoms with Crippen molar-refractivity contribution in [3.63, 3.8) is 0 Å². The van der Waals surface area contributed by atoms with Gasteiger partial charge in [-0.1, -0.05) is 0 Å². The van der Waals surface area contributed by atoms with E-state index in [2.05, 4.69) is 27.7 Å². The highest BCUT2D eigenvalue weighted by atomic mass is 16.5. The maximum atomic E-state index is 5.43. The molecule has 5 heteroatoms. The van der Waals surface area contributed by atoms with Crippen LogP contribution in [0, 0.1) is 0 Å². The van der Waals surface area contributed by atoms with Gasteiger partial charge in [-0.3, -0.25) is 0 Å². The second kappa shape index (κ2) is 3.85. The SMILES string of the molecule is CC1OCCC1NCc1cn[nH]n1. The van der Waals surface area contributed by atoms with Gasteiger partial charge in [-0.25, -0.2) is 0 Å². The van der Waals surface area contributed by atoms with Gasteiger partial charge in [-0.15, -0.1) is 0 Å². The molecule has 0 radical (unpaired) electrons. The lowest BCUT2D eigenvalue weighted by Gasteiger charge is -2.14. The second-order valence-electron chi connectivity index (χ2n) is 3.31. The number of aromatic amines is 1. The van der Waals surface area contributed by atoms with Gasteiger partial charge < -0.3 is 10.1 Å². The summed E-state index contributed by atoms with van der Waals surface area (Å²) in [6.07, 6.45) is 3.12. The first kappa shape index (κ1) is 8.65. The van der Waals surface area contributed by atoms with E-state index in [1.165, 1.54) is 0 Å². The lowest BCUT2D eigenvalue weighted by atomic mass is 10.1. The van der Waals surface area contributed by atoms with Gasteiger partial charge >= 0.3 is 0 Å². The lowest BCUT2D eigenvalue weighted by molar-refractivity contribution is 0.113. The maximum absolute atomic E-state index is 5.43. The zero-order chi connectivity index (χ0) is 9.10. The molecule has 2 heterocycles. The predicted molar refractivity (Wildman–Crippen MR) is 47.0 cm³/mol. The van der Waals surface area contributed by atoms with Crippen molar-refractivity contribution in [2.24, 2.45) is 0 Å². The van der Waals surface area contributed by atoms with Crippen LogP contribution in [0.1, 0.15) is 19.0 Å². The van der Waals surface area contributed by atoms with Crippen LogP contribution in [0.3, 0.4) is 0 Å². The van der Waals surface area contributed by atoms with E-state index in [1.54, 1.807) is 6.20 Å². The molecule has 72 valence electrons. The fourth-order valence-corrected chi connectivity index (χ4v) is 1.55. The fourth-order valence-electron chi connectivity index (χ4n) is 1.55. The number of H-pyrrole nitrogens is 1. The van der Waals surface area contributed by atoms with Crippen LogP contribution in [0.5, 0.6) is 0 Å². The Morgan fingerprint density at radius 1 is 1.77 bits per heavy atom. The van der Waals surface area contributed by atoms with Crippen LogP contribution in [-0.2, 0) is 11.3 Å². The molecule has 0 bridgehead atoms. The molecule has 0 aliphatic carbocycles. The summed E-state index contributed by atoms with van der Waals surface area (Å²) in [7, 11) is 0. The fraction of sp³-hybridized carbons (Fsp3) is 0.750. The molecule has 2 N–H and O–H groups in total. The molecule has 1 aromatic rings. The standard InChI is InChI=1S/C8H14N4O/c1-6-8(2-3-13-6)9-4-7-5-10-12-11-7/h5-6,8-9H,2-4H2,1H3,(H,10,11,12). The van der Waals surface area contributed by atoms with Crippen LogP contribution in [0.25, 0.3) is 0 Å². The van der Waals surface area contributed by atoms with Gasteiger partial charge in [-0.2, -0.15) is 15.4 Å². The Bertz CT molecular complexity index is 249. The van der Waals surface area contributed by atoms with Crippen molar-refractivity contribution >= 4 is 0 Å². The van der Waals surface area contributed by atoms with Gasteiger partial charge in [0.15, 0.2) is 0 Å². The third kappa shape index (κ3) is 2.05. The van der Waals surface area contributed by atoms with E-state index < -0.39 is 0 Å². The van der Waals surface area contributed by atoms with Crippen LogP contribution in [-0.4, -0.2) is 34.2 Å². The van der Waals surface area contributed by atoms with Crippen molar-refractivity contribution in [2.75, 3.05) is 6.61 Å². The number of nitrogens with one attached hydrogen (secondary N) is 2. The predicted octanol–water partition coefficient (Wildman–Crippen LogP) is 0.0717. The molecule has 0 amide bonds. The zero-order valence-corrected chi connectivity index (χ0v) is 7.66. The molecular weight excluding hydrogens is 168 g/mol. The van der Waals surface area contributed by atoms with Gasteiger partial charge in [0, 0.05) is 19.2 Å². The highest BCUT2D eigenvalue weighted by molar-refractivity contribution is 4.91. The largest absolute Gasteiger partial charge is 0.377 e. The van der Waals surface area contributed by atoms with Crippen LogP contribution in [0.4, 0.5) is 0 Å². The van der Waals surface area contributed by atoms with E-state index in [4.69, 9.17) is 4.74 Å². The van der Waals surface area contributed by atoms with Gasteiger partial charge in [0.25, 0.3) is 0 Å². The summed E-state index contributed by atoms with van der Waals surface area (Å²) in [4.78, 5) is 0. The van der Waals surface area contributed by atoms with Gasteiger partial charge in [0.1, 0.15) is 0 Å². The molecule has 2 unspecified atom stereocenters. The summed E-state index contributed by atoms with van der Waals surface area (Å²) < 4.78 is 5.43. The molecule has 5 nitrogen and oxygen atoms in total. The molecule has 1 aliphatic heterocycles. The van der Waals surface area contributed by atoms with Gasteiger partial charge in [-0.05, 0) is 13.3 Å². The van der Waals surface area contributed by atoms with Crippen LogP contribution >= 0.6 is 0 Å². The Kier molecular flexibility index (Phi) is 2.56. The summed E-state index contributed by atoms with van der Waals surface area (Å²) in [5.74, 6) is 0. The number of rotatable bonds is 3. The van der Waals surface area contributed by atoms with E-state index in [0.29, 0.717) is 12.1 Å². The number of nitrogens with zero attached hydrogens (tertiary/aromatic N) is 2. The lowest BCUT2D eigenvalue weighted by Crippen LogP contribution is -2.34. The Morgan fingerprint density at radius 3 is 3.31 bits per heavy atom. The van der Waals surface area contributed by atoms with E-state index in [-0.39, 0.29) is 0 Å². The van der Waals surface area contributed by atoms with Crippen molar-refractivity contribution in [3.8, 4) is 0 Å². The summed E-state index contributed by atoms with van der Waals surface area (Å²) in [5.41, 5.74) is 0.944. The molecule has 2 rings (SSSR count). The zero-order valence-electron chi connectivity index (χ0n) is 7.66. The second-order valence-corrected chi connectivity index (χ2v) is 3.31. The van der Waals surface area contributed by atoms with Crippen LogP contribution < -0.4 is 5.32 Å². The molecule has 1 fully saturated rings. The first-order chi connectivity index (χ1) is 6.36. The van der Waals surface area contributed by atoms with Crippen molar-refractivity contribution in [1.82, 2.24) is 20.7 Å². The first-order valence-corrected chi connectivity index (χ1v) is 4.56. The Balaban J connectivity index is 1.79. The quantitative estimate of drug-likeness (QED) is 0.694. The molecule has 0 spiro atoms. The van der Waals surface area contributed by atoms with Gasteiger partial charge in [0.05, 0.1) is 18.0 Å². The third-order valence-electron chi connectivity index (χ3n) is 2.39. The molecule has 1 aliphatic rings.